The highest BCUT2D eigenvalue weighted by Gasteiger charge is 2.28. The van der Waals surface area contributed by atoms with Gasteiger partial charge < -0.3 is 10.2 Å². The largest absolute Gasteiger partial charge is 0.340 e. The van der Waals surface area contributed by atoms with Gasteiger partial charge in [-0.05, 0) is 34.0 Å². The summed E-state index contributed by atoms with van der Waals surface area (Å²) in [5, 5.41) is 3.09. The summed E-state index contributed by atoms with van der Waals surface area (Å²) >= 11 is 0. The zero-order valence-corrected chi connectivity index (χ0v) is 9.42. The normalized spacial score (nSPS) is 24.4. The fourth-order valence-electron chi connectivity index (χ4n) is 1.70. The molecule has 14 heavy (non-hydrogen) atoms. The summed E-state index contributed by atoms with van der Waals surface area (Å²) in [6.45, 7) is 5.72. The van der Waals surface area contributed by atoms with Crippen LogP contribution in [0.5, 0.6) is 0 Å². The molecule has 1 unspecified atom stereocenters. The Morgan fingerprint density at radius 1 is 1.50 bits per heavy atom. The molecule has 1 atom stereocenters. The van der Waals surface area contributed by atoms with Crippen molar-refractivity contribution in [3.8, 4) is 0 Å². The zero-order chi connectivity index (χ0) is 10.6. The molecule has 82 valence electrons. The monoisotopic (exact) mass is 199 g/mol. The minimum absolute atomic E-state index is 0.0540. The number of hydrogen-bond donors (Lipinski definition) is 1. The second-order valence-electron chi connectivity index (χ2n) is 3.94. The SMILES string of the molecule is CNCCCN1CCN(C)C(C)C1=O. The number of nitrogens with zero attached hydrogens (tertiary/aromatic N) is 2. The summed E-state index contributed by atoms with van der Waals surface area (Å²) < 4.78 is 0. The van der Waals surface area contributed by atoms with E-state index in [9.17, 15) is 4.79 Å². The van der Waals surface area contributed by atoms with Crippen molar-refractivity contribution in [2.24, 2.45) is 0 Å². The topological polar surface area (TPSA) is 35.6 Å². The lowest BCUT2D eigenvalue weighted by molar-refractivity contribution is -0.140. The van der Waals surface area contributed by atoms with E-state index in [0.717, 1.165) is 32.6 Å². The molecule has 4 nitrogen and oxygen atoms in total. The van der Waals surface area contributed by atoms with Crippen LogP contribution in [-0.4, -0.2) is 62.0 Å². The van der Waals surface area contributed by atoms with E-state index < -0.39 is 0 Å². The first kappa shape index (κ1) is 11.5. The van der Waals surface area contributed by atoms with Gasteiger partial charge in [0, 0.05) is 19.6 Å². The number of nitrogens with one attached hydrogen (secondary N) is 1. The maximum atomic E-state index is 11.8. The molecule has 0 aromatic carbocycles. The van der Waals surface area contributed by atoms with E-state index in [1.165, 1.54) is 0 Å². The van der Waals surface area contributed by atoms with Gasteiger partial charge in [0.1, 0.15) is 0 Å². The lowest BCUT2D eigenvalue weighted by Crippen LogP contribution is -2.54. The Balaban J connectivity index is 2.35. The lowest BCUT2D eigenvalue weighted by Gasteiger charge is -2.37. The van der Waals surface area contributed by atoms with Crippen LogP contribution in [-0.2, 0) is 4.79 Å². The van der Waals surface area contributed by atoms with Crippen LogP contribution in [0, 0.1) is 0 Å². The van der Waals surface area contributed by atoms with Crippen LogP contribution in [0.3, 0.4) is 0 Å². The molecular weight excluding hydrogens is 178 g/mol. The smallest absolute Gasteiger partial charge is 0.239 e. The van der Waals surface area contributed by atoms with Gasteiger partial charge in [0.15, 0.2) is 0 Å². The molecule has 1 fully saturated rings. The third-order valence-electron chi connectivity index (χ3n) is 2.91. The van der Waals surface area contributed by atoms with Crippen molar-refractivity contribution in [1.29, 1.82) is 0 Å². The third-order valence-corrected chi connectivity index (χ3v) is 2.91. The summed E-state index contributed by atoms with van der Waals surface area (Å²) in [5.74, 6) is 0.273. The Hall–Kier alpha value is -0.610. The predicted molar refractivity (Wildman–Crippen MR) is 57.2 cm³/mol. The number of likely N-dealkylation sites (N-methyl/N-ethyl adjacent to an activating group) is 1. The van der Waals surface area contributed by atoms with E-state index in [-0.39, 0.29) is 11.9 Å². The van der Waals surface area contributed by atoms with Crippen LogP contribution in [0.4, 0.5) is 0 Å². The van der Waals surface area contributed by atoms with Crippen LogP contribution in [0.2, 0.25) is 0 Å². The molecule has 0 aromatic rings. The van der Waals surface area contributed by atoms with Gasteiger partial charge in [0.25, 0.3) is 0 Å². The Morgan fingerprint density at radius 2 is 2.21 bits per heavy atom. The summed E-state index contributed by atoms with van der Waals surface area (Å²) in [6.07, 6.45) is 1.04. The third kappa shape index (κ3) is 2.69. The average Bonchev–Trinajstić information content (AvgIpc) is 2.18. The first-order valence-electron chi connectivity index (χ1n) is 5.30. The summed E-state index contributed by atoms with van der Waals surface area (Å²) in [6, 6.07) is 0.0540. The minimum Gasteiger partial charge on any atom is -0.340 e. The molecule has 1 aliphatic heterocycles. The van der Waals surface area contributed by atoms with Gasteiger partial charge in [-0.3, -0.25) is 9.69 Å². The molecule has 4 heteroatoms. The Morgan fingerprint density at radius 3 is 2.86 bits per heavy atom. The van der Waals surface area contributed by atoms with Gasteiger partial charge in [-0.1, -0.05) is 0 Å². The summed E-state index contributed by atoms with van der Waals surface area (Å²) in [5.41, 5.74) is 0. The lowest BCUT2D eigenvalue weighted by atomic mass is 10.2. The first-order chi connectivity index (χ1) is 6.66. The highest BCUT2D eigenvalue weighted by atomic mass is 16.2. The molecule has 1 N–H and O–H groups in total. The van der Waals surface area contributed by atoms with E-state index >= 15 is 0 Å². The van der Waals surface area contributed by atoms with Gasteiger partial charge in [-0.2, -0.15) is 0 Å². The fraction of sp³-hybridized carbons (Fsp3) is 0.900. The number of hydrogen-bond acceptors (Lipinski definition) is 3. The van der Waals surface area contributed by atoms with Gasteiger partial charge in [-0.15, -0.1) is 0 Å². The van der Waals surface area contributed by atoms with Gasteiger partial charge in [-0.25, -0.2) is 0 Å². The van der Waals surface area contributed by atoms with Crippen LogP contribution in [0.1, 0.15) is 13.3 Å². The van der Waals surface area contributed by atoms with E-state index in [1.54, 1.807) is 0 Å². The second kappa shape index (κ2) is 5.32. The van der Waals surface area contributed by atoms with E-state index in [1.807, 2.05) is 25.9 Å². The molecule has 1 aliphatic rings. The summed E-state index contributed by atoms with van der Waals surface area (Å²) in [4.78, 5) is 15.9. The van der Waals surface area contributed by atoms with Crippen LogP contribution in [0.15, 0.2) is 0 Å². The van der Waals surface area contributed by atoms with Crippen LogP contribution in [0.25, 0.3) is 0 Å². The molecule has 0 saturated carbocycles. The fourth-order valence-corrected chi connectivity index (χ4v) is 1.70. The molecule has 0 spiro atoms. The molecular formula is C10H21N3O. The number of rotatable bonds is 4. The quantitative estimate of drug-likeness (QED) is 0.635. The van der Waals surface area contributed by atoms with Crippen LogP contribution >= 0.6 is 0 Å². The number of carbonyl (C=O) groups is 1. The highest BCUT2D eigenvalue weighted by Crippen LogP contribution is 2.08. The predicted octanol–water partition coefficient (Wildman–Crippen LogP) is -0.242. The van der Waals surface area contributed by atoms with Crippen molar-refractivity contribution < 1.29 is 4.79 Å². The Labute approximate surface area is 86.2 Å². The van der Waals surface area contributed by atoms with Crippen molar-refractivity contribution in [3.63, 3.8) is 0 Å². The van der Waals surface area contributed by atoms with Crippen molar-refractivity contribution in [1.82, 2.24) is 15.1 Å². The number of piperazine rings is 1. The van der Waals surface area contributed by atoms with E-state index in [2.05, 4.69) is 10.2 Å². The molecule has 1 heterocycles. The minimum atomic E-state index is 0.0540. The molecule has 1 amide bonds. The maximum absolute atomic E-state index is 11.8. The van der Waals surface area contributed by atoms with Crippen LogP contribution < -0.4 is 5.32 Å². The molecule has 1 saturated heterocycles. The maximum Gasteiger partial charge on any atom is 0.239 e. The van der Waals surface area contributed by atoms with Gasteiger partial charge in [0.05, 0.1) is 6.04 Å². The number of amides is 1. The Bertz CT molecular complexity index is 196. The van der Waals surface area contributed by atoms with Gasteiger partial charge in [0.2, 0.25) is 5.91 Å². The Kier molecular flexibility index (Phi) is 4.35. The molecule has 0 radical (unpaired) electrons. The van der Waals surface area contributed by atoms with E-state index in [4.69, 9.17) is 0 Å². The van der Waals surface area contributed by atoms with E-state index in [0.29, 0.717) is 0 Å². The van der Waals surface area contributed by atoms with Crippen molar-refractivity contribution >= 4 is 5.91 Å². The van der Waals surface area contributed by atoms with Gasteiger partial charge >= 0.3 is 0 Å². The molecule has 0 aliphatic carbocycles. The average molecular weight is 199 g/mol. The molecule has 0 aromatic heterocycles. The second-order valence-corrected chi connectivity index (χ2v) is 3.94. The zero-order valence-electron chi connectivity index (χ0n) is 9.42. The molecule has 0 bridgehead atoms. The van der Waals surface area contributed by atoms with Crippen molar-refractivity contribution in [2.45, 2.75) is 19.4 Å². The van der Waals surface area contributed by atoms with Crippen molar-refractivity contribution in [2.75, 3.05) is 40.3 Å². The summed E-state index contributed by atoms with van der Waals surface area (Å²) in [7, 11) is 3.95. The number of carbonyl (C=O) groups excluding carboxylic acids is 1. The van der Waals surface area contributed by atoms with Crippen molar-refractivity contribution in [3.05, 3.63) is 0 Å². The first-order valence-corrected chi connectivity index (χ1v) is 5.30. The standard InChI is InChI=1S/C10H21N3O/c1-9-10(14)13(6-4-5-11-2)8-7-12(9)3/h9,11H,4-8H2,1-3H3. The molecule has 1 rings (SSSR count). The highest BCUT2D eigenvalue weighted by molar-refractivity contribution is 5.82.